The van der Waals surface area contributed by atoms with Crippen LogP contribution >= 0.6 is 15.9 Å². The van der Waals surface area contributed by atoms with E-state index in [9.17, 15) is 4.79 Å². The summed E-state index contributed by atoms with van der Waals surface area (Å²) in [6.45, 7) is 2.87. The minimum atomic E-state index is -0.0805. The molecule has 1 saturated heterocycles. The van der Waals surface area contributed by atoms with Crippen LogP contribution in [0.3, 0.4) is 0 Å². The summed E-state index contributed by atoms with van der Waals surface area (Å²) in [4.78, 5) is 13.5. The molecule has 16 heavy (non-hydrogen) atoms. The molecule has 1 fully saturated rings. The SMILES string of the molecule is Cc1cccc(NC2CCN(C)C2=O)c1Br. The Morgan fingerprint density at radius 1 is 1.50 bits per heavy atom. The minimum Gasteiger partial charge on any atom is -0.373 e. The molecule has 0 aromatic heterocycles. The van der Waals surface area contributed by atoms with Gasteiger partial charge in [0, 0.05) is 23.8 Å². The number of rotatable bonds is 2. The lowest BCUT2D eigenvalue weighted by atomic mass is 10.2. The van der Waals surface area contributed by atoms with Crippen molar-refractivity contribution >= 4 is 27.5 Å². The molecule has 86 valence electrons. The minimum absolute atomic E-state index is 0.0805. The number of aryl methyl sites for hydroxylation is 1. The zero-order valence-corrected chi connectivity index (χ0v) is 11.0. The fourth-order valence-corrected chi connectivity index (χ4v) is 2.28. The van der Waals surface area contributed by atoms with Gasteiger partial charge in [-0.3, -0.25) is 4.79 Å². The molecule has 1 aliphatic rings. The molecule has 3 nitrogen and oxygen atoms in total. The van der Waals surface area contributed by atoms with Gasteiger partial charge >= 0.3 is 0 Å². The van der Waals surface area contributed by atoms with Crippen LogP contribution in [0.15, 0.2) is 22.7 Å². The Morgan fingerprint density at radius 3 is 2.88 bits per heavy atom. The second kappa shape index (κ2) is 4.45. The standard InChI is InChI=1S/C12H15BrN2O/c1-8-4-3-5-9(11(8)13)14-10-6-7-15(2)12(10)16/h3-5,10,14H,6-7H2,1-2H3. The molecule has 1 unspecified atom stereocenters. The molecule has 1 amide bonds. The molecule has 4 heteroatoms. The highest BCUT2D eigenvalue weighted by molar-refractivity contribution is 9.10. The van der Waals surface area contributed by atoms with Crippen LogP contribution in [0.4, 0.5) is 5.69 Å². The van der Waals surface area contributed by atoms with E-state index in [2.05, 4.69) is 21.2 Å². The number of amides is 1. The topological polar surface area (TPSA) is 32.3 Å². The van der Waals surface area contributed by atoms with Crippen LogP contribution in [0.1, 0.15) is 12.0 Å². The number of anilines is 1. The van der Waals surface area contributed by atoms with Gasteiger partial charge in [0.05, 0.1) is 0 Å². The van der Waals surface area contributed by atoms with Crippen LogP contribution in [0, 0.1) is 6.92 Å². The van der Waals surface area contributed by atoms with Gasteiger partial charge in [0.25, 0.3) is 0 Å². The number of halogens is 1. The molecule has 0 bridgehead atoms. The number of hydrogen-bond acceptors (Lipinski definition) is 2. The van der Waals surface area contributed by atoms with E-state index in [1.54, 1.807) is 4.90 Å². The highest BCUT2D eigenvalue weighted by atomic mass is 79.9. The van der Waals surface area contributed by atoms with Crippen molar-refractivity contribution in [2.24, 2.45) is 0 Å². The Morgan fingerprint density at radius 2 is 2.25 bits per heavy atom. The third-order valence-corrected chi connectivity index (χ3v) is 4.00. The van der Waals surface area contributed by atoms with Gasteiger partial charge in [0.15, 0.2) is 0 Å². The van der Waals surface area contributed by atoms with Crippen molar-refractivity contribution in [3.8, 4) is 0 Å². The van der Waals surface area contributed by atoms with E-state index in [1.807, 2.05) is 32.2 Å². The molecule has 1 atom stereocenters. The first kappa shape index (κ1) is 11.5. The molecule has 1 heterocycles. The quantitative estimate of drug-likeness (QED) is 0.904. The molecule has 0 aliphatic carbocycles. The largest absolute Gasteiger partial charge is 0.373 e. The number of carbonyl (C=O) groups excluding carboxylic acids is 1. The van der Waals surface area contributed by atoms with Crippen LogP contribution in [0.25, 0.3) is 0 Å². The maximum Gasteiger partial charge on any atom is 0.244 e. The van der Waals surface area contributed by atoms with Crippen molar-refractivity contribution in [2.75, 3.05) is 18.9 Å². The van der Waals surface area contributed by atoms with Gasteiger partial charge in [-0.15, -0.1) is 0 Å². The highest BCUT2D eigenvalue weighted by Gasteiger charge is 2.29. The van der Waals surface area contributed by atoms with E-state index in [4.69, 9.17) is 0 Å². The van der Waals surface area contributed by atoms with Crippen LogP contribution in [0.5, 0.6) is 0 Å². The highest BCUT2D eigenvalue weighted by Crippen LogP contribution is 2.27. The van der Waals surface area contributed by atoms with Crippen LogP contribution in [-0.4, -0.2) is 30.4 Å². The van der Waals surface area contributed by atoms with E-state index >= 15 is 0 Å². The normalized spacial score (nSPS) is 20.3. The molecule has 1 aromatic rings. The summed E-state index contributed by atoms with van der Waals surface area (Å²) in [5, 5.41) is 3.29. The van der Waals surface area contributed by atoms with Crippen LogP contribution in [0.2, 0.25) is 0 Å². The Labute approximate surface area is 104 Å². The first-order chi connectivity index (χ1) is 7.59. The first-order valence-corrected chi connectivity index (χ1v) is 6.15. The zero-order chi connectivity index (χ0) is 11.7. The third kappa shape index (κ3) is 2.07. The van der Waals surface area contributed by atoms with Gasteiger partial charge in [-0.1, -0.05) is 12.1 Å². The average molecular weight is 283 g/mol. The summed E-state index contributed by atoms with van der Waals surface area (Å²) >= 11 is 3.54. The number of hydrogen-bond donors (Lipinski definition) is 1. The van der Waals surface area contributed by atoms with Gasteiger partial charge < -0.3 is 10.2 Å². The molecular weight excluding hydrogens is 268 g/mol. The monoisotopic (exact) mass is 282 g/mol. The molecule has 0 spiro atoms. The lowest BCUT2D eigenvalue weighted by Gasteiger charge is -2.15. The maximum atomic E-state index is 11.8. The lowest BCUT2D eigenvalue weighted by molar-refractivity contribution is -0.127. The van der Waals surface area contributed by atoms with Crippen molar-refractivity contribution < 1.29 is 4.79 Å². The Balaban J connectivity index is 2.16. The summed E-state index contributed by atoms with van der Waals surface area (Å²) in [6, 6.07) is 5.94. The summed E-state index contributed by atoms with van der Waals surface area (Å²) < 4.78 is 1.04. The van der Waals surface area contributed by atoms with Crippen LogP contribution < -0.4 is 5.32 Å². The Kier molecular flexibility index (Phi) is 3.19. The first-order valence-electron chi connectivity index (χ1n) is 5.36. The van der Waals surface area contributed by atoms with Gasteiger partial charge in [0.2, 0.25) is 5.91 Å². The average Bonchev–Trinajstić information content (AvgIpc) is 2.57. The van der Waals surface area contributed by atoms with Gasteiger partial charge in [-0.25, -0.2) is 0 Å². The predicted molar refractivity (Wildman–Crippen MR) is 68.5 cm³/mol. The van der Waals surface area contributed by atoms with Crippen molar-refractivity contribution in [3.63, 3.8) is 0 Å². The van der Waals surface area contributed by atoms with E-state index in [0.717, 1.165) is 23.1 Å². The van der Waals surface area contributed by atoms with Crippen LogP contribution in [-0.2, 0) is 4.79 Å². The number of nitrogens with one attached hydrogen (secondary N) is 1. The van der Waals surface area contributed by atoms with Gasteiger partial charge in [-0.05, 0) is 40.9 Å². The van der Waals surface area contributed by atoms with Crippen molar-refractivity contribution in [2.45, 2.75) is 19.4 Å². The van der Waals surface area contributed by atoms with E-state index < -0.39 is 0 Å². The number of benzene rings is 1. The summed E-state index contributed by atoms with van der Waals surface area (Å²) in [6.07, 6.45) is 0.871. The fourth-order valence-electron chi connectivity index (χ4n) is 1.90. The van der Waals surface area contributed by atoms with E-state index in [-0.39, 0.29) is 11.9 Å². The molecule has 2 rings (SSSR count). The molecule has 1 aromatic carbocycles. The lowest BCUT2D eigenvalue weighted by Crippen LogP contribution is -2.31. The number of likely N-dealkylation sites (N-methyl/N-ethyl adjacent to an activating group) is 1. The van der Waals surface area contributed by atoms with Crippen molar-refractivity contribution in [1.82, 2.24) is 4.90 Å². The van der Waals surface area contributed by atoms with Crippen molar-refractivity contribution in [1.29, 1.82) is 0 Å². The molecule has 0 saturated carbocycles. The summed E-state index contributed by atoms with van der Waals surface area (Å²) in [5.74, 6) is 0.174. The molecule has 1 aliphatic heterocycles. The molecule has 0 radical (unpaired) electrons. The Hall–Kier alpha value is -1.03. The second-order valence-electron chi connectivity index (χ2n) is 4.18. The van der Waals surface area contributed by atoms with Gasteiger partial charge in [0.1, 0.15) is 6.04 Å². The Bertz CT molecular complexity index is 419. The maximum absolute atomic E-state index is 11.8. The van der Waals surface area contributed by atoms with E-state index in [1.165, 1.54) is 5.56 Å². The fraction of sp³-hybridized carbons (Fsp3) is 0.417. The molecule has 1 N–H and O–H groups in total. The summed E-state index contributed by atoms with van der Waals surface area (Å²) in [5.41, 5.74) is 2.16. The molecular formula is C12H15BrN2O. The predicted octanol–water partition coefficient (Wildman–Crippen LogP) is 2.40. The van der Waals surface area contributed by atoms with E-state index in [0.29, 0.717) is 0 Å². The van der Waals surface area contributed by atoms with Crippen molar-refractivity contribution in [3.05, 3.63) is 28.2 Å². The number of carbonyl (C=O) groups is 1. The third-order valence-electron chi connectivity index (χ3n) is 2.95. The number of nitrogens with zero attached hydrogens (tertiary/aromatic N) is 1. The van der Waals surface area contributed by atoms with Gasteiger partial charge in [-0.2, -0.15) is 0 Å². The summed E-state index contributed by atoms with van der Waals surface area (Å²) in [7, 11) is 1.84. The second-order valence-corrected chi connectivity index (χ2v) is 4.97. The smallest absolute Gasteiger partial charge is 0.244 e. The zero-order valence-electron chi connectivity index (χ0n) is 9.46. The number of likely N-dealkylation sites (tertiary alicyclic amines) is 1.